The van der Waals surface area contributed by atoms with E-state index in [1.165, 1.54) is 0 Å². The van der Waals surface area contributed by atoms with Gasteiger partial charge in [-0.15, -0.1) is 0 Å². The zero-order valence-corrected chi connectivity index (χ0v) is 8.91. The Bertz CT molecular complexity index is 299. The molecule has 1 rings (SSSR count). The Labute approximate surface area is 84.8 Å². The van der Waals surface area contributed by atoms with E-state index in [0.29, 0.717) is 6.61 Å². The van der Waals surface area contributed by atoms with Crippen molar-refractivity contribution >= 4 is 5.69 Å². The lowest BCUT2D eigenvalue weighted by Crippen LogP contribution is -2.18. The molecule has 0 bridgehead atoms. The molecule has 0 spiro atoms. The van der Waals surface area contributed by atoms with Crippen LogP contribution in [-0.4, -0.2) is 19.8 Å². The molecule has 0 radical (unpaired) electrons. The van der Waals surface area contributed by atoms with Crippen LogP contribution < -0.4 is 10.5 Å². The molecule has 0 saturated carbocycles. The van der Waals surface area contributed by atoms with Gasteiger partial charge in [-0.2, -0.15) is 0 Å². The summed E-state index contributed by atoms with van der Waals surface area (Å²) in [7, 11) is 1.66. The molecule has 0 heterocycles. The summed E-state index contributed by atoms with van der Waals surface area (Å²) in [4.78, 5) is 0. The third-order valence-electron chi connectivity index (χ3n) is 2.06. The molecule has 1 aromatic carbocycles. The zero-order valence-electron chi connectivity index (χ0n) is 8.91. The topological polar surface area (TPSA) is 44.5 Å². The smallest absolute Gasteiger partial charge is 0.124 e. The van der Waals surface area contributed by atoms with Crippen LogP contribution in [0.4, 0.5) is 5.69 Å². The molecule has 0 aromatic heterocycles. The van der Waals surface area contributed by atoms with Gasteiger partial charge in [0.25, 0.3) is 0 Å². The Kier molecular flexibility index (Phi) is 3.77. The number of methoxy groups -OCH3 is 1. The predicted molar refractivity (Wildman–Crippen MR) is 57.6 cm³/mol. The first kappa shape index (κ1) is 10.9. The highest BCUT2D eigenvalue weighted by molar-refractivity contribution is 5.53. The van der Waals surface area contributed by atoms with Gasteiger partial charge < -0.3 is 15.2 Å². The summed E-state index contributed by atoms with van der Waals surface area (Å²) >= 11 is 0. The number of benzene rings is 1. The number of nitrogens with two attached hydrogens (primary N) is 1. The van der Waals surface area contributed by atoms with Gasteiger partial charge in [0.1, 0.15) is 11.9 Å². The summed E-state index contributed by atoms with van der Waals surface area (Å²) in [5.41, 5.74) is 7.50. The van der Waals surface area contributed by atoms with Gasteiger partial charge in [0, 0.05) is 18.4 Å². The number of ether oxygens (including phenoxy) is 2. The highest BCUT2D eigenvalue weighted by Gasteiger charge is 2.06. The first-order valence-electron chi connectivity index (χ1n) is 4.66. The van der Waals surface area contributed by atoms with Gasteiger partial charge in [0.15, 0.2) is 0 Å². The van der Waals surface area contributed by atoms with E-state index in [0.717, 1.165) is 17.0 Å². The highest BCUT2D eigenvalue weighted by atomic mass is 16.5. The molecule has 1 atom stereocenters. The van der Waals surface area contributed by atoms with Gasteiger partial charge >= 0.3 is 0 Å². The molecular weight excluding hydrogens is 178 g/mol. The molecule has 0 aliphatic rings. The normalized spacial score (nSPS) is 12.5. The number of nitrogen functional groups attached to an aromatic ring is 1. The van der Waals surface area contributed by atoms with Crippen molar-refractivity contribution in [3.63, 3.8) is 0 Å². The number of hydrogen-bond acceptors (Lipinski definition) is 3. The van der Waals surface area contributed by atoms with Crippen LogP contribution >= 0.6 is 0 Å². The van der Waals surface area contributed by atoms with E-state index < -0.39 is 0 Å². The first-order valence-corrected chi connectivity index (χ1v) is 4.66. The SMILES string of the molecule is COCC(C)Oc1cccc(N)c1C. The van der Waals surface area contributed by atoms with Gasteiger partial charge in [-0.05, 0) is 26.0 Å². The lowest BCUT2D eigenvalue weighted by molar-refractivity contribution is 0.0917. The molecule has 0 aliphatic carbocycles. The second-order valence-corrected chi connectivity index (χ2v) is 3.35. The van der Waals surface area contributed by atoms with Gasteiger partial charge in [0.2, 0.25) is 0 Å². The molecule has 2 N–H and O–H groups in total. The number of hydrogen-bond donors (Lipinski definition) is 1. The standard InChI is InChI=1S/C11H17NO2/c1-8(7-13-3)14-11-6-4-5-10(12)9(11)2/h4-6,8H,7,12H2,1-3H3. The average Bonchev–Trinajstić information content (AvgIpc) is 2.13. The van der Waals surface area contributed by atoms with Crippen molar-refractivity contribution < 1.29 is 9.47 Å². The molecule has 0 saturated heterocycles. The Balaban J connectivity index is 2.71. The van der Waals surface area contributed by atoms with Crippen molar-refractivity contribution in [1.82, 2.24) is 0 Å². The van der Waals surface area contributed by atoms with Crippen molar-refractivity contribution in [1.29, 1.82) is 0 Å². The lowest BCUT2D eigenvalue weighted by Gasteiger charge is -2.16. The summed E-state index contributed by atoms with van der Waals surface area (Å²) in [6.45, 7) is 4.49. The quantitative estimate of drug-likeness (QED) is 0.747. The molecule has 78 valence electrons. The van der Waals surface area contributed by atoms with Gasteiger partial charge in [0.05, 0.1) is 6.61 Å². The molecule has 1 aromatic rings. The summed E-state index contributed by atoms with van der Waals surface area (Å²) in [6, 6.07) is 5.66. The molecule has 0 aliphatic heterocycles. The lowest BCUT2D eigenvalue weighted by atomic mass is 10.2. The molecule has 14 heavy (non-hydrogen) atoms. The van der Waals surface area contributed by atoms with E-state index in [1.54, 1.807) is 7.11 Å². The molecule has 1 unspecified atom stereocenters. The maximum absolute atomic E-state index is 5.76. The molecule has 3 heteroatoms. The van der Waals surface area contributed by atoms with Crippen molar-refractivity contribution in [2.45, 2.75) is 20.0 Å². The van der Waals surface area contributed by atoms with E-state index in [4.69, 9.17) is 15.2 Å². The first-order chi connectivity index (χ1) is 6.65. The summed E-state index contributed by atoms with van der Waals surface area (Å²) in [5.74, 6) is 0.828. The molecular formula is C11H17NO2. The number of anilines is 1. The van der Waals surface area contributed by atoms with Crippen LogP contribution in [0.1, 0.15) is 12.5 Å². The van der Waals surface area contributed by atoms with Crippen LogP contribution in [0.15, 0.2) is 18.2 Å². The summed E-state index contributed by atoms with van der Waals surface area (Å²) in [6.07, 6.45) is 0.0421. The summed E-state index contributed by atoms with van der Waals surface area (Å²) in [5, 5.41) is 0. The van der Waals surface area contributed by atoms with Crippen LogP contribution in [0.3, 0.4) is 0 Å². The molecule has 0 fully saturated rings. The van der Waals surface area contributed by atoms with E-state index in [9.17, 15) is 0 Å². The van der Waals surface area contributed by atoms with Crippen LogP contribution in [0.2, 0.25) is 0 Å². The van der Waals surface area contributed by atoms with E-state index in [1.807, 2.05) is 32.0 Å². The minimum Gasteiger partial charge on any atom is -0.488 e. The maximum Gasteiger partial charge on any atom is 0.124 e. The number of rotatable bonds is 4. The van der Waals surface area contributed by atoms with Crippen molar-refractivity contribution in [3.05, 3.63) is 23.8 Å². The monoisotopic (exact) mass is 195 g/mol. The van der Waals surface area contributed by atoms with Gasteiger partial charge in [-0.3, -0.25) is 0 Å². The van der Waals surface area contributed by atoms with Crippen molar-refractivity contribution in [3.8, 4) is 5.75 Å². The zero-order chi connectivity index (χ0) is 10.6. The van der Waals surface area contributed by atoms with Crippen LogP contribution in [-0.2, 0) is 4.74 Å². The molecule has 0 amide bonds. The van der Waals surface area contributed by atoms with Crippen molar-refractivity contribution in [2.75, 3.05) is 19.5 Å². The maximum atomic E-state index is 5.76. The highest BCUT2D eigenvalue weighted by Crippen LogP contribution is 2.23. The Morgan fingerprint density at radius 3 is 2.79 bits per heavy atom. The second-order valence-electron chi connectivity index (χ2n) is 3.35. The van der Waals surface area contributed by atoms with Crippen LogP contribution in [0.5, 0.6) is 5.75 Å². The van der Waals surface area contributed by atoms with E-state index in [-0.39, 0.29) is 6.10 Å². The predicted octanol–water partition coefficient (Wildman–Crippen LogP) is 1.99. The van der Waals surface area contributed by atoms with E-state index >= 15 is 0 Å². The average molecular weight is 195 g/mol. The molecule has 3 nitrogen and oxygen atoms in total. The van der Waals surface area contributed by atoms with E-state index in [2.05, 4.69) is 0 Å². The third-order valence-corrected chi connectivity index (χ3v) is 2.06. The minimum atomic E-state index is 0.0421. The Hall–Kier alpha value is -1.22. The minimum absolute atomic E-state index is 0.0421. The fourth-order valence-electron chi connectivity index (χ4n) is 1.24. The van der Waals surface area contributed by atoms with Gasteiger partial charge in [-0.1, -0.05) is 6.07 Å². The van der Waals surface area contributed by atoms with Gasteiger partial charge in [-0.25, -0.2) is 0 Å². The Morgan fingerprint density at radius 1 is 1.43 bits per heavy atom. The van der Waals surface area contributed by atoms with Crippen LogP contribution in [0, 0.1) is 6.92 Å². The van der Waals surface area contributed by atoms with Crippen molar-refractivity contribution in [2.24, 2.45) is 0 Å². The second kappa shape index (κ2) is 4.86. The van der Waals surface area contributed by atoms with Crippen LogP contribution in [0.25, 0.3) is 0 Å². The fraction of sp³-hybridized carbons (Fsp3) is 0.455. The fourth-order valence-corrected chi connectivity index (χ4v) is 1.24. The Morgan fingerprint density at radius 2 is 2.14 bits per heavy atom. The third kappa shape index (κ3) is 2.64. The summed E-state index contributed by atoms with van der Waals surface area (Å²) < 4.78 is 10.7. The largest absolute Gasteiger partial charge is 0.488 e.